The second-order valence-corrected chi connectivity index (χ2v) is 4.99. The maximum absolute atomic E-state index is 11.9. The molecule has 1 amide bonds. The topological polar surface area (TPSA) is 29.1 Å². The van der Waals surface area contributed by atoms with E-state index in [0.717, 1.165) is 6.42 Å². The van der Waals surface area contributed by atoms with Crippen LogP contribution < -0.4 is 5.32 Å². The van der Waals surface area contributed by atoms with Crippen LogP contribution >= 0.6 is 0 Å². The Labute approximate surface area is 96.2 Å². The molecule has 1 atom stereocenters. The fraction of sp³-hybridized carbons (Fsp3) is 0.923. The zero-order chi connectivity index (χ0) is 12.8. The normalized spacial score (nSPS) is 16.3. The number of carbonyl (C=O) groups is 1. The summed E-state index contributed by atoms with van der Waals surface area (Å²) in [5, 5.41) is 2.88. The van der Waals surface area contributed by atoms with Crippen molar-refractivity contribution in [3.8, 4) is 0 Å². The second-order valence-electron chi connectivity index (χ2n) is 4.99. The first-order valence-electron chi connectivity index (χ1n) is 6.60. The molecule has 0 saturated carbocycles. The molecule has 0 aromatic heterocycles. The van der Waals surface area contributed by atoms with Gasteiger partial charge >= 0.3 is 0 Å². The Morgan fingerprint density at radius 1 is 1.27 bits per heavy atom. The van der Waals surface area contributed by atoms with Crippen LogP contribution in [0.4, 0.5) is 0 Å². The van der Waals surface area contributed by atoms with Gasteiger partial charge in [0, 0.05) is 13.8 Å². The lowest BCUT2D eigenvalue weighted by Gasteiger charge is -2.17. The third-order valence-corrected chi connectivity index (χ3v) is 2.41. The fourth-order valence-corrected chi connectivity index (χ4v) is 1.49. The number of amides is 1. The molecule has 1 N–H and O–H groups in total. The molecule has 0 aromatic rings. The van der Waals surface area contributed by atoms with Crippen LogP contribution in [0.25, 0.3) is 0 Å². The van der Waals surface area contributed by atoms with Crippen LogP contribution in [0, 0.1) is 17.7 Å². The van der Waals surface area contributed by atoms with Crippen molar-refractivity contribution in [2.45, 2.75) is 53.9 Å². The molecule has 0 radical (unpaired) electrons. The molecule has 0 fully saturated rings. The Bertz CT molecular complexity index is 216. The average molecular weight is 214 g/mol. The molecule has 0 aliphatic heterocycles. The van der Waals surface area contributed by atoms with E-state index in [1.54, 1.807) is 0 Å². The first-order chi connectivity index (χ1) is 7.31. The molecule has 0 aliphatic rings. The first kappa shape index (κ1) is 12.5. The van der Waals surface area contributed by atoms with Gasteiger partial charge in [-0.15, -0.1) is 0 Å². The van der Waals surface area contributed by atoms with Crippen molar-refractivity contribution in [1.29, 1.82) is 0 Å². The standard InChI is InChI=1S/C13H27NO/c1-6-12(9-11(4)5)13(15)14-8-7-10(2)3/h10-12H,6-9H2,1-5H3,(H,14,15)/t12-/m1/s1/i12D. The molecule has 2 nitrogen and oxygen atoms in total. The SMILES string of the molecule is [2H][C@@](CC)(CC(C)C)C(=O)NCCC(C)C. The number of hydrogen-bond acceptors (Lipinski definition) is 1. The fourth-order valence-electron chi connectivity index (χ4n) is 1.49. The van der Waals surface area contributed by atoms with Crippen molar-refractivity contribution in [3.63, 3.8) is 0 Å². The quantitative estimate of drug-likeness (QED) is 0.692. The monoisotopic (exact) mass is 214 g/mol. The summed E-state index contributed by atoms with van der Waals surface area (Å²) < 4.78 is 8.18. The van der Waals surface area contributed by atoms with Crippen LogP contribution in [0.5, 0.6) is 0 Å². The Balaban J connectivity index is 4.19. The molecule has 90 valence electrons. The van der Waals surface area contributed by atoms with Gasteiger partial charge in [0.2, 0.25) is 5.91 Å². The summed E-state index contributed by atoms with van der Waals surface area (Å²) in [5.41, 5.74) is 0. The maximum atomic E-state index is 11.9. The van der Waals surface area contributed by atoms with E-state index in [1.165, 1.54) is 0 Å². The smallest absolute Gasteiger partial charge is 0.223 e. The highest BCUT2D eigenvalue weighted by atomic mass is 16.1. The molecular weight excluding hydrogens is 186 g/mol. The van der Waals surface area contributed by atoms with Gasteiger partial charge in [0.1, 0.15) is 0 Å². The molecule has 0 spiro atoms. The lowest BCUT2D eigenvalue weighted by atomic mass is 9.94. The van der Waals surface area contributed by atoms with Crippen LogP contribution in [-0.4, -0.2) is 12.5 Å². The minimum Gasteiger partial charge on any atom is -0.356 e. The second kappa shape index (κ2) is 7.72. The Morgan fingerprint density at radius 3 is 2.27 bits per heavy atom. The molecule has 0 heterocycles. The Morgan fingerprint density at radius 2 is 1.87 bits per heavy atom. The highest BCUT2D eigenvalue weighted by molar-refractivity contribution is 5.78. The van der Waals surface area contributed by atoms with E-state index in [0.29, 0.717) is 31.2 Å². The van der Waals surface area contributed by atoms with Crippen molar-refractivity contribution in [2.75, 3.05) is 6.54 Å². The van der Waals surface area contributed by atoms with Crippen molar-refractivity contribution in [3.05, 3.63) is 0 Å². The van der Waals surface area contributed by atoms with Gasteiger partial charge in [-0.2, -0.15) is 0 Å². The Kier molecular flexibility index (Phi) is 6.45. The lowest BCUT2D eigenvalue weighted by molar-refractivity contribution is -0.125. The zero-order valence-electron chi connectivity index (χ0n) is 11.9. The third kappa shape index (κ3) is 7.40. The summed E-state index contributed by atoms with van der Waals surface area (Å²) in [7, 11) is 0. The molecule has 0 unspecified atom stereocenters. The van der Waals surface area contributed by atoms with Gasteiger partial charge in [-0.25, -0.2) is 0 Å². The zero-order valence-corrected chi connectivity index (χ0v) is 10.9. The first-order valence-corrected chi connectivity index (χ1v) is 6.10. The molecule has 2 heteroatoms. The van der Waals surface area contributed by atoms with Crippen LogP contribution in [-0.2, 0) is 4.79 Å². The van der Waals surface area contributed by atoms with E-state index < -0.39 is 5.89 Å². The van der Waals surface area contributed by atoms with Crippen molar-refractivity contribution >= 4 is 5.91 Å². The van der Waals surface area contributed by atoms with E-state index in [4.69, 9.17) is 1.37 Å². The summed E-state index contributed by atoms with van der Waals surface area (Å²) in [6, 6.07) is 0. The summed E-state index contributed by atoms with van der Waals surface area (Å²) in [6.45, 7) is 11.0. The summed E-state index contributed by atoms with van der Waals surface area (Å²) >= 11 is 0. The summed E-state index contributed by atoms with van der Waals surface area (Å²) in [5.74, 6) is -0.0738. The van der Waals surface area contributed by atoms with E-state index >= 15 is 0 Å². The van der Waals surface area contributed by atoms with Gasteiger partial charge in [-0.3, -0.25) is 4.79 Å². The largest absolute Gasteiger partial charge is 0.356 e. The minimum atomic E-state index is -0.939. The number of nitrogens with one attached hydrogen (secondary N) is 1. The molecule has 0 bridgehead atoms. The van der Waals surface area contributed by atoms with Gasteiger partial charge in [0.25, 0.3) is 0 Å². The van der Waals surface area contributed by atoms with Crippen LogP contribution in [0.15, 0.2) is 0 Å². The van der Waals surface area contributed by atoms with Crippen LogP contribution in [0.3, 0.4) is 0 Å². The maximum Gasteiger partial charge on any atom is 0.223 e. The predicted octanol–water partition coefficient (Wildman–Crippen LogP) is 3.22. The summed E-state index contributed by atoms with van der Waals surface area (Å²) in [6.07, 6.45) is 2.20. The molecule has 0 rings (SSSR count). The molecule has 0 aliphatic carbocycles. The van der Waals surface area contributed by atoms with Gasteiger partial charge in [-0.05, 0) is 31.1 Å². The summed E-state index contributed by atoms with van der Waals surface area (Å²) in [4.78, 5) is 11.9. The average Bonchev–Trinajstić information content (AvgIpc) is 2.15. The van der Waals surface area contributed by atoms with Gasteiger partial charge in [0.05, 0.1) is 0 Å². The van der Waals surface area contributed by atoms with Crippen molar-refractivity contribution in [1.82, 2.24) is 5.32 Å². The van der Waals surface area contributed by atoms with Gasteiger partial charge in [-0.1, -0.05) is 34.6 Å². The predicted molar refractivity (Wildman–Crippen MR) is 65.7 cm³/mol. The Hall–Kier alpha value is -0.530. The lowest BCUT2D eigenvalue weighted by Crippen LogP contribution is -2.32. The third-order valence-electron chi connectivity index (χ3n) is 2.41. The van der Waals surface area contributed by atoms with Crippen molar-refractivity contribution in [2.24, 2.45) is 17.7 Å². The van der Waals surface area contributed by atoms with Gasteiger partial charge in [0.15, 0.2) is 0 Å². The van der Waals surface area contributed by atoms with E-state index in [1.807, 2.05) is 6.92 Å². The highest BCUT2D eigenvalue weighted by Gasteiger charge is 2.16. The molecule has 0 aromatic carbocycles. The van der Waals surface area contributed by atoms with Gasteiger partial charge < -0.3 is 5.32 Å². The number of carbonyl (C=O) groups excluding carboxylic acids is 1. The van der Waals surface area contributed by atoms with Crippen LogP contribution in [0.2, 0.25) is 0 Å². The highest BCUT2D eigenvalue weighted by Crippen LogP contribution is 2.15. The molecule has 15 heavy (non-hydrogen) atoms. The minimum absolute atomic E-state index is 0.107. The number of rotatable bonds is 7. The van der Waals surface area contributed by atoms with E-state index in [-0.39, 0.29) is 5.91 Å². The van der Waals surface area contributed by atoms with Crippen molar-refractivity contribution < 1.29 is 6.17 Å². The van der Waals surface area contributed by atoms with E-state index in [9.17, 15) is 4.79 Å². The molecular formula is C13H27NO. The molecule has 0 saturated heterocycles. The van der Waals surface area contributed by atoms with E-state index in [2.05, 4.69) is 33.0 Å². The van der Waals surface area contributed by atoms with Crippen LogP contribution in [0.1, 0.15) is 55.3 Å². The number of hydrogen-bond donors (Lipinski definition) is 1.